The number of benzene rings is 2. The first-order valence-corrected chi connectivity index (χ1v) is 30.2. The Morgan fingerprint density at radius 1 is 0.741 bits per heavy atom. The third kappa shape index (κ3) is 19.1. The number of carbonyl (C=O) groups excluding carboxylic acids is 5. The molecule has 6 amide bonds. The summed E-state index contributed by atoms with van der Waals surface area (Å²) in [5.74, 6) is -2.98. The Morgan fingerprint density at radius 2 is 1.33 bits per heavy atom. The molecular weight excluding hydrogens is 1220 g/mol. The van der Waals surface area contributed by atoms with Crippen LogP contribution in [0.3, 0.4) is 0 Å². The van der Waals surface area contributed by atoms with Crippen LogP contribution in [-0.4, -0.2) is 131 Å². The Labute approximate surface area is 489 Å². The van der Waals surface area contributed by atoms with Crippen molar-refractivity contribution in [2.45, 2.75) is 99.6 Å². The number of alkyl halides is 3. The summed E-state index contributed by atoms with van der Waals surface area (Å²) < 4.78 is 154. The van der Waals surface area contributed by atoms with Gasteiger partial charge in [0.25, 0.3) is 31.9 Å². The van der Waals surface area contributed by atoms with E-state index in [2.05, 4.69) is 40.5 Å². The lowest BCUT2D eigenvalue weighted by molar-refractivity contribution is -0.146. The lowest BCUT2D eigenvalue weighted by Gasteiger charge is -2.18. The first-order chi connectivity index (χ1) is 40.1. The number of sulfonamides is 2. The van der Waals surface area contributed by atoms with Crippen LogP contribution in [0, 0.1) is 12.7 Å². The highest BCUT2D eigenvalue weighted by Crippen LogP contribution is 2.40. The molecule has 1 aliphatic heterocycles. The maximum absolute atomic E-state index is 14.5. The van der Waals surface area contributed by atoms with Crippen molar-refractivity contribution in [1.29, 1.82) is 0 Å². The predicted octanol–water partition coefficient (Wildman–Crippen LogP) is 6.72. The molecule has 35 heteroatoms. The fourth-order valence-corrected chi connectivity index (χ4v) is 11.5. The van der Waals surface area contributed by atoms with Gasteiger partial charge in [-0.25, -0.2) is 54.9 Å². The number of imide groups is 1. The number of sulfone groups is 1. The Morgan fingerprint density at radius 3 is 1.91 bits per heavy atom. The van der Waals surface area contributed by atoms with Gasteiger partial charge in [0, 0.05) is 29.8 Å². The number of ether oxygens (including phenoxy) is 5. The van der Waals surface area contributed by atoms with Gasteiger partial charge in [0.15, 0.2) is 21.5 Å². The van der Waals surface area contributed by atoms with Crippen molar-refractivity contribution in [3.8, 4) is 23.5 Å². The minimum Gasteiger partial charge on any atom is -0.481 e. The number of methoxy groups -OCH3 is 3. The Hall–Kier alpha value is -8.37. The molecule has 4 N–H and O–H groups in total. The molecule has 0 saturated heterocycles. The second-order valence-electron chi connectivity index (χ2n) is 17.6. The van der Waals surface area contributed by atoms with Crippen LogP contribution in [0.15, 0.2) is 86.8 Å². The van der Waals surface area contributed by atoms with E-state index in [4.69, 9.17) is 35.3 Å². The molecule has 460 valence electrons. The summed E-state index contributed by atoms with van der Waals surface area (Å²) in [4.78, 5) is 83.7. The number of aryl methyl sites for hydroxylation is 2. The van der Waals surface area contributed by atoms with Crippen molar-refractivity contribution in [2.75, 3.05) is 55.8 Å². The van der Waals surface area contributed by atoms with E-state index in [1.54, 1.807) is 9.44 Å². The zero-order valence-electron chi connectivity index (χ0n) is 46.0. The fourth-order valence-electron chi connectivity index (χ4n) is 7.57. The van der Waals surface area contributed by atoms with Gasteiger partial charge in [-0.1, -0.05) is 56.5 Å². The number of unbranched alkanes of at least 4 members (excludes halogenated alkanes) is 2. The summed E-state index contributed by atoms with van der Waals surface area (Å²) in [6.45, 7) is 4.79. The predicted molar refractivity (Wildman–Crippen MR) is 293 cm³/mol. The highest BCUT2D eigenvalue weighted by atomic mass is 35.5. The van der Waals surface area contributed by atoms with Crippen molar-refractivity contribution in [3.05, 3.63) is 94.2 Å². The van der Waals surface area contributed by atoms with E-state index in [0.29, 0.717) is 30.6 Å². The molecule has 3 aromatic heterocycles. The quantitative estimate of drug-likeness (QED) is 0.0256. The van der Waals surface area contributed by atoms with Crippen LogP contribution in [0.1, 0.15) is 76.6 Å². The van der Waals surface area contributed by atoms with Gasteiger partial charge >= 0.3 is 30.2 Å². The van der Waals surface area contributed by atoms with Crippen molar-refractivity contribution >= 4 is 88.9 Å². The van der Waals surface area contributed by atoms with Gasteiger partial charge in [0.05, 0.1) is 55.4 Å². The third-order valence-electron chi connectivity index (χ3n) is 11.5. The second kappa shape index (κ2) is 29.9. The van der Waals surface area contributed by atoms with E-state index in [1.807, 2.05) is 6.92 Å². The normalized spacial score (nSPS) is 13.2. The first kappa shape index (κ1) is 67.4. The number of aromatic nitrogens is 6. The highest BCUT2D eigenvalue weighted by molar-refractivity contribution is 7.93. The van der Waals surface area contributed by atoms with E-state index in [-0.39, 0.29) is 63.3 Å². The van der Waals surface area contributed by atoms with E-state index >= 15 is 0 Å². The summed E-state index contributed by atoms with van der Waals surface area (Å²) in [6.07, 6.45) is 0.298. The van der Waals surface area contributed by atoms with Gasteiger partial charge in [0.1, 0.15) is 22.3 Å². The standard InChI is InChI=1S/C21H23ClFNO5.C15H16F3N5O4S.C14H17N5O7S2/c1-2-3-6-9-28-19(25)12-29-18-11-17(16(23)10-15(18)22)24-20(26)13-7-4-5-8-14(13)21(24)27;1-9-19-12(22-14(20-9)27-2)21-13(24)23-28(25,26)11-6-4-3-5-10(11)7-8-15(16,17)18;1-4-27(21,22)9-6-5-7-15-12(9)28(23,24)19-14(20)18-13-16-10(25-2)8-11(17-13)26-3/h10-11H,2-9,12H2,1H3;3-6H,7-8H2,1-2H3,(H2,19,20,21,22,23,24);5-8H,4H2,1-3H3,(H2,16,17,18,19,20). The molecule has 0 bridgehead atoms. The van der Waals surface area contributed by atoms with Crippen LogP contribution in [0.5, 0.6) is 23.5 Å². The first-order valence-electron chi connectivity index (χ1n) is 25.2. The van der Waals surface area contributed by atoms with Crippen LogP contribution in [0.2, 0.25) is 5.02 Å². The molecule has 4 heterocycles. The van der Waals surface area contributed by atoms with Crippen molar-refractivity contribution < 1.29 is 90.5 Å². The number of carbonyl (C=O) groups is 5. The monoisotopic (exact) mass is 1270 g/mol. The average Bonchev–Trinajstić information content (AvgIpc) is 2.37. The van der Waals surface area contributed by atoms with E-state index in [9.17, 15) is 66.8 Å². The van der Waals surface area contributed by atoms with Crippen molar-refractivity contribution in [3.63, 3.8) is 0 Å². The maximum atomic E-state index is 14.5. The van der Waals surface area contributed by atoms with Gasteiger partial charge in [-0.3, -0.25) is 20.2 Å². The van der Waals surface area contributed by atoms with E-state index < -0.39 is 106 Å². The Kier molecular flexibility index (Phi) is 23.7. The van der Waals surface area contributed by atoms with Crippen LogP contribution in [0.25, 0.3) is 0 Å². The number of nitrogens with one attached hydrogen (secondary N) is 4. The van der Waals surface area contributed by atoms with Gasteiger partial charge in [-0.15, -0.1) is 0 Å². The number of hydrogen-bond acceptors (Lipinski definition) is 22. The minimum absolute atomic E-state index is 0.000883. The second-order valence-corrected chi connectivity index (χ2v) is 23.5. The summed E-state index contributed by atoms with van der Waals surface area (Å²) in [5, 5.41) is 3.35. The smallest absolute Gasteiger partial charge is 0.389 e. The van der Waals surface area contributed by atoms with Gasteiger partial charge in [0.2, 0.25) is 23.7 Å². The summed E-state index contributed by atoms with van der Waals surface area (Å²) in [5.41, 5.74) is 0.602. The number of hydrogen-bond donors (Lipinski definition) is 4. The van der Waals surface area contributed by atoms with Gasteiger partial charge < -0.3 is 23.7 Å². The number of anilines is 3. The molecule has 0 radical (unpaired) electrons. The average molecular weight is 1270 g/mol. The molecular formula is C50H56ClF4N11O16S3. The van der Waals surface area contributed by atoms with Crippen molar-refractivity contribution in [2.24, 2.45) is 0 Å². The number of amides is 6. The maximum Gasteiger partial charge on any atom is 0.389 e. The summed E-state index contributed by atoms with van der Waals surface area (Å²) in [6, 6.07) is 8.43. The van der Waals surface area contributed by atoms with Gasteiger partial charge in [-0.05, 0) is 75.3 Å². The van der Waals surface area contributed by atoms with E-state index in [1.165, 1.54) is 71.6 Å². The molecule has 0 unspecified atom stereocenters. The zero-order valence-corrected chi connectivity index (χ0v) is 49.2. The molecule has 0 atom stereocenters. The third-order valence-corrected chi connectivity index (χ3v) is 16.5. The number of pyridine rings is 1. The molecule has 2 aliphatic rings. The van der Waals surface area contributed by atoms with Crippen LogP contribution >= 0.6 is 11.6 Å². The molecule has 0 saturated carbocycles. The number of halogens is 5. The molecule has 2 aromatic carbocycles. The molecule has 0 spiro atoms. The number of rotatable bonds is 21. The molecule has 85 heavy (non-hydrogen) atoms. The van der Waals surface area contributed by atoms with Crippen LogP contribution in [-0.2, 0) is 55.4 Å². The Bertz CT molecular complexity index is 3630. The fraction of sp³-hybridized carbons (Fsp3) is 0.380. The lowest BCUT2D eigenvalue weighted by Crippen LogP contribution is -2.36. The number of esters is 1. The van der Waals surface area contributed by atoms with Gasteiger partial charge in [-0.2, -0.15) is 46.5 Å². The van der Waals surface area contributed by atoms with Crippen molar-refractivity contribution in [1.82, 2.24) is 39.3 Å². The Balaban J connectivity index is 0.000000233. The summed E-state index contributed by atoms with van der Waals surface area (Å²) >= 11 is 6.02. The number of urea groups is 2. The lowest BCUT2D eigenvalue weighted by atomic mass is 9.93. The SMILES string of the molecule is CCCCCOC(=O)COc1cc(N2C(=O)C3=C(CCCC3)C2=O)c(F)cc1Cl.CCS(=O)(=O)c1cccnc1S(=O)(=O)NC(=O)Nc1nc(OC)cc(OC)n1.COc1nc(C)nc(NC(=O)NS(=O)(=O)c2ccccc2CCC(F)(F)F)n1. The molecule has 5 aromatic rings. The number of nitrogens with zero attached hydrogens (tertiary/aromatic N) is 7. The molecule has 0 fully saturated rings. The highest BCUT2D eigenvalue weighted by Gasteiger charge is 2.41. The molecule has 1 aliphatic carbocycles. The summed E-state index contributed by atoms with van der Waals surface area (Å²) in [7, 11) is -8.99. The van der Waals surface area contributed by atoms with Crippen LogP contribution < -0.4 is 43.9 Å². The molecule has 27 nitrogen and oxygen atoms in total. The van der Waals surface area contributed by atoms with E-state index in [0.717, 1.165) is 61.4 Å². The molecule has 7 rings (SSSR count). The van der Waals surface area contributed by atoms with Crippen LogP contribution in [0.4, 0.5) is 44.7 Å². The topological polar surface area (TPSA) is 363 Å². The zero-order chi connectivity index (χ0) is 62.9. The minimum atomic E-state index is -4.61. The largest absolute Gasteiger partial charge is 0.481 e.